The Labute approximate surface area is 170 Å². The summed E-state index contributed by atoms with van der Waals surface area (Å²) < 4.78 is 10.4. The minimum Gasteiger partial charge on any atom is -0.495 e. The first-order valence-electron chi connectivity index (χ1n) is 8.29. The molecular weight excluding hydrogens is 404 g/mol. The van der Waals surface area contributed by atoms with Gasteiger partial charge in [-0.3, -0.25) is 9.59 Å². The highest BCUT2D eigenvalue weighted by molar-refractivity contribution is 8.00. The molecule has 0 fully saturated rings. The van der Waals surface area contributed by atoms with Crippen LogP contribution in [0.2, 0.25) is 5.02 Å². The molecule has 9 heteroatoms. The molecule has 1 aliphatic rings. The second-order valence-corrected chi connectivity index (χ2v) is 7.38. The van der Waals surface area contributed by atoms with Gasteiger partial charge in [0, 0.05) is 9.92 Å². The van der Waals surface area contributed by atoms with Gasteiger partial charge < -0.3 is 20.1 Å². The third-order valence-corrected chi connectivity index (χ3v) is 5.23. The Bertz CT molecular complexity index is 950. The Hall–Kier alpha value is -2.71. The van der Waals surface area contributed by atoms with Crippen molar-refractivity contribution in [3.05, 3.63) is 47.0 Å². The molecule has 7 nitrogen and oxygen atoms in total. The number of halogens is 1. The minimum absolute atomic E-state index is 0.133. The van der Waals surface area contributed by atoms with E-state index in [1.54, 1.807) is 24.3 Å². The second kappa shape index (κ2) is 8.53. The van der Waals surface area contributed by atoms with Crippen molar-refractivity contribution in [3.63, 3.8) is 0 Å². The predicted molar refractivity (Wildman–Crippen MR) is 107 cm³/mol. The van der Waals surface area contributed by atoms with Crippen LogP contribution in [-0.2, 0) is 14.3 Å². The maximum Gasteiger partial charge on any atom is 0.338 e. The van der Waals surface area contributed by atoms with Crippen LogP contribution in [0.4, 0.5) is 11.4 Å². The van der Waals surface area contributed by atoms with E-state index in [0.717, 1.165) is 4.90 Å². The van der Waals surface area contributed by atoms with Crippen LogP contribution in [0, 0.1) is 0 Å². The van der Waals surface area contributed by atoms with Crippen LogP contribution in [0.25, 0.3) is 0 Å². The summed E-state index contributed by atoms with van der Waals surface area (Å²) in [6.45, 7) is 1.46. The van der Waals surface area contributed by atoms with Crippen molar-refractivity contribution in [2.24, 2.45) is 0 Å². The average molecular weight is 421 g/mol. The third-order valence-electron chi connectivity index (χ3n) is 3.92. The van der Waals surface area contributed by atoms with Gasteiger partial charge in [0.25, 0.3) is 5.91 Å². The number of esters is 1. The smallest absolute Gasteiger partial charge is 0.338 e. The monoisotopic (exact) mass is 420 g/mol. The lowest BCUT2D eigenvalue weighted by atomic mass is 10.2. The third kappa shape index (κ3) is 4.58. The Kier molecular flexibility index (Phi) is 6.11. The SMILES string of the molecule is COc1ccc(Cl)cc1NC(=O)C(C)OC(=O)c1ccc2c(c1)NC(=O)CS2. The number of ether oxygens (including phenoxy) is 2. The van der Waals surface area contributed by atoms with Crippen LogP contribution in [0.5, 0.6) is 5.75 Å². The van der Waals surface area contributed by atoms with E-state index in [0.29, 0.717) is 27.9 Å². The van der Waals surface area contributed by atoms with Crippen molar-refractivity contribution in [2.75, 3.05) is 23.5 Å². The lowest BCUT2D eigenvalue weighted by Crippen LogP contribution is -2.30. The first-order valence-corrected chi connectivity index (χ1v) is 9.66. The number of hydrogen-bond donors (Lipinski definition) is 2. The van der Waals surface area contributed by atoms with Crippen LogP contribution < -0.4 is 15.4 Å². The van der Waals surface area contributed by atoms with E-state index in [1.165, 1.54) is 37.9 Å². The van der Waals surface area contributed by atoms with Crippen LogP contribution >= 0.6 is 23.4 Å². The van der Waals surface area contributed by atoms with Gasteiger partial charge in [-0.05, 0) is 43.3 Å². The molecule has 0 saturated heterocycles. The molecule has 2 aromatic rings. The van der Waals surface area contributed by atoms with Crippen LogP contribution in [0.3, 0.4) is 0 Å². The second-order valence-electron chi connectivity index (χ2n) is 5.93. The van der Waals surface area contributed by atoms with Crippen molar-refractivity contribution >= 4 is 52.5 Å². The van der Waals surface area contributed by atoms with Crippen molar-refractivity contribution in [1.82, 2.24) is 0 Å². The topological polar surface area (TPSA) is 93.7 Å². The number of amides is 2. The summed E-state index contributed by atoms with van der Waals surface area (Å²) in [7, 11) is 1.47. The van der Waals surface area contributed by atoms with E-state index in [9.17, 15) is 14.4 Å². The van der Waals surface area contributed by atoms with Crippen molar-refractivity contribution in [2.45, 2.75) is 17.9 Å². The normalized spacial score (nSPS) is 13.8. The fraction of sp³-hybridized carbons (Fsp3) is 0.211. The molecule has 0 aromatic heterocycles. The van der Waals surface area contributed by atoms with Gasteiger partial charge >= 0.3 is 5.97 Å². The maximum absolute atomic E-state index is 12.4. The lowest BCUT2D eigenvalue weighted by molar-refractivity contribution is -0.123. The first kappa shape index (κ1) is 20.0. The fourth-order valence-corrected chi connectivity index (χ4v) is 3.47. The molecule has 2 N–H and O–H groups in total. The number of thioether (sulfide) groups is 1. The molecule has 0 radical (unpaired) electrons. The number of nitrogens with one attached hydrogen (secondary N) is 2. The molecule has 1 heterocycles. The first-order chi connectivity index (χ1) is 13.4. The standard InChI is InChI=1S/C19H17ClN2O5S/c1-10(18(24)22-13-8-12(20)4-5-15(13)26-2)27-19(25)11-3-6-16-14(7-11)21-17(23)9-28-16/h3-8,10H,9H2,1-2H3,(H,21,23)(H,22,24). The van der Waals surface area contributed by atoms with E-state index in [1.807, 2.05) is 0 Å². The molecule has 1 aliphatic heterocycles. The predicted octanol–water partition coefficient (Wildman–Crippen LogP) is 3.58. The number of carbonyl (C=O) groups is 3. The summed E-state index contributed by atoms with van der Waals surface area (Å²) in [5, 5.41) is 5.76. The highest BCUT2D eigenvalue weighted by atomic mass is 35.5. The Morgan fingerprint density at radius 1 is 1.25 bits per heavy atom. The van der Waals surface area contributed by atoms with Crippen LogP contribution in [0.15, 0.2) is 41.3 Å². The summed E-state index contributed by atoms with van der Waals surface area (Å²) in [6, 6.07) is 9.65. The molecule has 0 bridgehead atoms. The zero-order chi connectivity index (χ0) is 20.3. The number of hydrogen-bond acceptors (Lipinski definition) is 6. The summed E-state index contributed by atoms with van der Waals surface area (Å²) in [6.07, 6.45) is -1.06. The quantitative estimate of drug-likeness (QED) is 0.718. The summed E-state index contributed by atoms with van der Waals surface area (Å²) in [5.74, 6) is -0.574. The van der Waals surface area contributed by atoms with E-state index in [2.05, 4.69) is 10.6 Å². The Balaban J connectivity index is 1.67. The molecule has 3 rings (SSSR count). The lowest BCUT2D eigenvalue weighted by Gasteiger charge is -2.18. The number of fused-ring (bicyclic) bond motifs is 1. The van der Waals surface area contributed by atoms with Crippen LogP contribution in [-0.4, -0.2) is 36.8 Å². The highest BCUT2D eigenvalue weighted by Gasteiger charge is 2.22. The van der Waals surface area contributed by atoms with Gasteiger partial charge in [0.15, 0.2) is 6.10 Å². The Morgan fingerprint density at radius 2 is 2.04 bits per heavy atom. The van der Waals surface area contributed by atoms with Crippen LogP contribution in [0.1, 0.15) is 17.3 Å². The fourth-order valence-electron chi connectivity index (χ4n) is 2.50. The molecule has 146 valence electrons. The number of rotatable bonds is 5. The zero-order valence-corrected chi connectivity index (χ0v) is 16.6. The molecule has 0 spiro atoms. The molecule has 0 aliphatic carbocycles. The van der Waals surface area contributed by atoms with Gasteiger partial charge in [0.2, 0.25) is 5.91 Å². The van der Waals surface area contributed by atoms with Crippen molar-refractivity contribution in [3.8, 4) is 5.75 Å². The van der Waals surface area contributed by atoms with E-state index in [-0.39, 0.29) is 11.5 Å². The zero-order valence-electron chi connectivity index (χ0n) is 15.1. The largest absolute Gasteiger partial charge is 0.495 e. The van der Waals surface area contributed by atoms with Crippen molar-refractivity contribution in [1.29, 1.82) is 0 Å². The van der Waals surface area contributed by atoms with E-state index in [4.69, 9.17) is 21.1 Å². The maximum atomic E-state index is 12.4. The number of benzene rings is 2. The summed E-state index contributed by atoms with van der Waals surface area (Å²) >= 11 is 7.34. The van der Waals surface area contributed by atoms with Crippen molar-refractivity contribution < 1.29 is 23.9 Å². The summed E-state index contributed by atoms with van der Waals surface area (Å²) in [4.78, 5) is 37.1. The van der Waals surface area contributed by atoms with Gasteiger partial charge in [-0.1, -0.05) is 11.6 Å². The Morgan fingerprint density at radius 3 is 2.79 bits per heavy atom. The minimum atomic E-state index is -1.06. The average Bonchev–Trinajstić information content (AvgIpc) is 2.67. The molecule has 0 saturated carbocycles. The van der Waals surface area contributed by atoms with Gasteiger partial charge in [-0.25, -0.2) is 4.79 Å². The molecule has 2 aromatic carbocycles. The number of carbonyl (C=O) groups excluding carboxylic acids is 3. The van der Waals surface area contributed by atoms with Gasteiger partial charge in [0.05, 0.1) is 29.8 Å². The van der Waals surface area contributed by atoms with E-state index >= 15 is 0 Å². The molecular formula is C19H17ClN2O5S. The molecule has 28 heavy (non-hydrogen) atoms. The molecule has 2 amide bonds. The van der Waals surface area contributed by atoms with Gasteiger partial charge in [-0.15, -0.1) is 11.8 Å². The molecule has 1 atom stereocenters. The summed E-state index contributed by atoms with van der Waals surface area (Å²) in [5.41, 5.74) is 1.16. The van der Waals surface area contributed by atoms with Gasteiger partial charge in [-0.2, -0.15) is 0 Å². The molecule has 1 unspecified atom stereocenters. The number of anilines is 2. The van der Waals surface area contributed by atoms with Gasteiger partial charge in [0.1, 0.15) is 5.75 Å². The number of methoxy groups -OCH3 is 1. The highest BCUT2D eigenvalue weighted by Crippen LogP contribution is 2.32. The van der Waals surface area contributed by atoms with E-state index < -0.39 is 18.0 Å².